The molecule has 0 aliphatic carbocycles. The number of benzene rings is 2. The number of ether oxygens (including phenoxy) is 1. The number of hydrogen-bond donors (Lipinski definition) is 0. The summed E-state index contributed by atoms with van der Waals surface area (Å²) in [6, 6.07) is 20.7. The van der Waals surface area contributed by atoms with Gasteiger partial charge in [0.1, 0.15) is 5.75 Å². The summed E-state index contributed by atoms with van der Waals surface area (Å²) in [7, 11) is 1.56. The highest BCUT2D eigenvalue weighted by atomic mass is 32.2. The minimum Gasteiger partial charge on any atom is -0.497 e. The number of hydrogen-bond acceptors (Lipinski definition) is 5. The Morgan fingerprint density at radius 2 is 1.79 bits per heavy atom. The van der Waals surface area contributed by atoms with Crippen molar-refractivity contribution in [1.82, 2.24) is 0 Å². The first kappa shape index (κ1) is 18.5. The molecule has 0 bridgehead atoms. The van der Waals surface area contributed by atoms with E-state index in [9.17, 15) is 9.59 Å². The lowest BCUT2D eigenvalue weighted by molar-refractivity contribution is -0.119. The average Bonchev–Trinajstić information content (AvgIpc) is 3.33. The lowest BCUT2D eigenvalue weighted by Crippen LogP contribution is -2.31. The van der Waals surface area contributed by atoms with E-state index in [1.807, 2.05) is 47.8 Å². The number of carbonyl (C=O) groups is 2. The summed E-state index contributed by atoms with van der Waals surface area (Å²) in [6.45, 7) is 0. The van der Waals surface area contributed by atoms with Crippen molar-refractivity contribution in [2.24, 2.45) is 0 Å². The third-order valence-corrected chi connectivity index (χ3v) is 6.38. The van der Waals surface area contributed by atoms with Gasteiger partial charge in [-0.05, 0) is 29.1 Å². The summed E-state index contributed by atoms with van der Waals surface area (Å²) in [5.74, 6) is 0.635. The van der Waals surface area contributed by atoms with E-state index in [2.05, 4.69) is 0 Å². The Morgan fingerprint density at radius 1 is 0.964 bits per heavy atom. The fourth-order valence-corrected chi connectivity index (χ4v) is 4.89. The summed E-state index contributed by atoms with van der Waals surface area (Å²) in [5.41, 5.74) is 2.09. The quantitative estimate of drug-likeness (QED) is 0.541. The fourth-order valence-electron chi connectivity index (χ4n) is 3.00. The average molecular weight is 408 g/mol. The van der Waals surface area contributed by atoms with Crippen molar-refractivity contribution in [2.45, 2.75) is 5.75 Å². The number of carbonyl (C=O) groups excluding carboxylic acids is 2. The van der Waals surface area contributed by atoms with E-state index < -0.39 is 0 Å². The second-order valence-corrected chi connectivity index (χ2v) is 8.04. The van der Waals surface area contributed by atoms with Gasteiger partial charge in [0.15, 0.2) is 0 Å². The highest BCUT2D eigenvalue weighted by molar-refractivity contribution is 8.03. The molecule has 6 heteroatoms. The van der Waals surface area contributed by atoms with Gasteiger partial charge in [0.2, 0.25) is 0 Å². The van der Waals surface area contributed by atoms with Crippen molar-refractivity contribution >= 4 is 46.2 Å². The fraction of sp³-hybridized carbons (Fsp3) is 0.0909. The van der Waals surface area contributed by atoms with Gasteiger partial charge in [-0.15, -0.1) is 23.1 Å². The predicted octanol–water partition coefficient (Wildman–Crippen LogP) is 4.97. The molecule has 0 N–H and O–H groups in total. The zero-order valence-corrected chi connectivity index (χ0v) is 16.8. The van der Waals surface area contributed by atoms with Crippen molar-refractivity contribution in [1.29, 1.82) is 0 Å². The Bertz CT molecular complexity index is 1040. The molecule has 1 aliphatic rings. The predicted molar refractivity (Wildman–Crippen MR) is 114 cm³/mol. The molecule has 0 fully saturated rings. The Morgan fingerprint density at radius 3 is 2.50 bits per heavy atom. The molecule has 3 aromatic rings. The number of anilines is 1. The Labute approximate surface area is 171 Å². The van der Waals surface area contributed by atoms with Gasteiger partial charge in [-0.3, -0.25) is 9.59 Å². The highest BCUT2D eigenvalue weighted by Gasteiger charge is 2.40. The van der Waals surface area contributed by atoms with E-state index in [0.29, 0.717) is 27.7 Å². The molecule has 0 atom stereocenters. The lowest BCUT2D eigenvalue weighted by Gasteiger charge is -2.16. The zero-order chi connectivity index (χ0) is 19.5. The number of thioether (sulfide) groups is 1. The standard InChI is InChI=1S/C22H17NO3S2/c1-26-17-10-5-9-16(13-17)23-21(24)19(18-11-6-12-27-18)20(22(23)25)28-14-15-7-3-2-4-8-15/h2-13H,14H2,1H3. The minimum absolute atomic E-state index is 0.289. The largest absolute Gasteiger partial charge is 0.497 e. The Kier molecular flexibility index (Phi) is 5.32. The molecule has 2 aromatic carbocycles. The molecule has 2 heterocycles. The van der Waals surface area contributed by atoms with Gasteiger partial charge in [-0.25, -0.2) is 4.90 Å². The van der Waals surface area contributed by atoms with Crippen molar-refractivity contribution in [3.63, 3.8) is 0 Å². The normalized spacial score (nSPS) is 14.1. The van der Waals surface area contributed by atoms with Crippen LogP contribution in [-0.4, -0.2) is 18.9 Å². The van der Waals surface area contributed by atoms with Gasteiger partial charge in [0.05, 0.1) is 23.3 Å². The number of nitrogens with zero attached hydrogens (tertiary/aromatic N) is 1. The second-order valence-electron chi connectivity index (χ2n) is 6.10. The summed E-state index contributed by atoms with van der Waals surface area (Å²) < 4.78 is 5.25. The number of imide groups is 1. The van der Waals surface area contributed by atoms with Crippen LogP contribution >= 0.6 is 23.1 Å². The van der Waals surface area contributed by atoms with Gasteiger partial charge >= 0.3 is 0 Å². The molecule has 0 saturated heterocycles. The van der Waals surface area contributed by atoms with Crippen molar-refractivity contribution in [3.8, 4) is 5.75 Å². The number of amides is 2. The monoisotopic (exact) mass is 407 g/mol. The van der Waals surface area contributed by atoms with Crippen molar-refractivity contribution in [2.75, 3.05) is 12.0 Å². The molecule has 0 saturated carbocycles. The number of methoxy groups -OCH3 is 1. The lowest BCUT2D eigenvalue weighted by atomic mass is 10.2. The van der Waals surface area contributed by atoms with Crippen LogP contribution in [0.25, 0.3) is 5.57 Å². The van der Waals surface area contributed by atoms with Gasteiger partial charge in [-0.2, -0.15) is 0 Å². The molecular weight excluding hydrogens is 390 g/mol. The summed E-state index contributed by atoms with van der Waals surface area (Å²) in [6.07, 6.45) is 0. The molecule has 4 rings (SSSR count). The molecular formula is C22H17NO3S2. The molecule has 28 heavy (non-hydrogen) atoms. The van der Waals surface area contributed by atoms with E-state index in [0.717, 1.165) is 10.4 Å². The van der Waals surface area contributed by atoms with Crippen LogP contribution in [0.4, 0.5) is 5.69 Å². The van der Waals surface area contributed by atoms with E-state index in [1.54, 1.807) is 31.4 Å². The van der Waals surface area contributed by atoms with Crippen LogP contribution in [-0.2, 0) is 15.3 Å². The maximum Gasteiger partial charge on any atom is 0.272 e. The topological polar surface area (TPSA) is 46.6 Å². The Hall–Kier alpha value is -2.83. The van der Waals surface area contributed by atoms with E-state index in [-0.39, 0.29) is 11.8 Å². The maximum atomic E-state index is 13.2. The van der Waals surface area contributed by atoms with Crippen LogP contribution in [0.2, 0.25) is 0 Å². The minimum atomic E-state index is -0.295. The zero-order valence-electron chi connectivity index (χ0n) is 15.1. The van der Waals surface area contributed by atoms with Gasteiger partial charge in [-0.1, -0.05) is 42.5 Å². The third kappa shape index (κ3) is 3.48. The van der Waals surface area contributed by atoms with Crippen LogP contribution in [0.15, 0.2) is 77.0 Å². The SMILES string of the molecule is COc1cccc(N2C(=O)C(SCc3ccccc3)=C(c3cccs3)C2=O)c1. The van der Waals surface area contributed by atoms with Crippen LogP contribution in [0.3, 0.4) is 0 Å². The third-order valence-electron chi connectivity index (χ3n) is 4.35. The first-order valence-corrected chi connectivity index (χ1v) is 10.5. The van der Waals surface area contributed by atoms with E-state index in [1.165, 1.54) is 28.0 Å². The molecule has 1 aromatic heterocycles. The summed E-state index contributed by atoms with van der Waals surface area (Å²) in [4.78, 5) is 29.0. The van der Waals surface area contributed by atoms with Crippen LogP contribution in [0.5, 0.6) is 5.75 Å². The van der Waals surface area contributed by atoms with Gasteiger partial charge < -0.3 is 4.74 Å². The maximum absolute atomic E-state index is 13.2. The smallest absolute Gasteiger partial charge is 0.272 e. The molecule has 140 valence electrons. The summed E-state index contributed by atoms with van der Waals surface area (Å²) >= 11 is 2.87. The van der Waals surface area contributed by atoms with Crippen LogP contribution in [0, 0.1) is 0 Å². The van der Waals surface area contributed by atoms with E-state index in [4.69, 9.17) is 4.74 Å². The molecule has 2 amide bonds. The van der Waals surface area contributed by atoms with Crippen LogP contribution < -0.4 is 9.64 Å². The number of thiophene rings is 1. The van der Waals surface area contributed by atoms with Crippen molar-refractivity contribution in [3.05, 3.63) is 87.5 Å². The molecule has 0 unspecified atom stereocenters. The Balaban J connectivity index is 1.71. The first-order chi connectivity index (χ1) is 13.7. The molecule has 1 aliphatic heterocycles. The van der Waals surface area contributed by atoms with Crippen LogP contribution in [0.1, 0.15) is 10.4 Å². The molecule has 0 spiro atoms. The number of rotatable bonds is 6. The van der Waals surface area contributed by atoms with E-state index >= 15 is 0 Å². The van der Waals surface area contributed by atoms with Gasteiger partial charge in [0.25, 0.3) is 11.8 Å². The molecule has 4 nitrogen and oxygen atoms in total. The van der Waals surface area contributed by atoms with Gasteiger partial charge in [0, 0.05) is 16.7 Å². The summed E-state index contributed by atoms with van der Waals surface area (Å²) in [5, 5.41) is 1.91. The van der Waals surface area contributed by atoms with Crippen molar-refractivity contribution < 1.29 is 14.3 Å². The highest BCUT2D eigenvalue weighted by Crippen LogP contribution is 2.41. The molecule has 0 radical (unpaired) electrons. The second kappa shape index (κ2) is 8.04. The first-order valence-electron chi connectivity index (χ1n) is 8.67.